The maximum Gasteiger partial charge on any atom is 0.259 e. The molecule has 6 nitrogen and oxygen atoms in total. The number of thioether (sulfide) groups is 1. The van der Waals surface area contributed by atoms with Crippen molar-refractivity contribution in [2.24, 2.45) is 0 Å². The maximum absolute atomic E-state index is 12.8. The number of methoxy groups -OCH3 is 1. The van der Waals surface area contributed by atoms with Crippen molar-refractivity contribution >= 4 is 39.7 Å². The summed E-state index contributed by atoms with van der Waals surface area (Å²) >= 11 is 2.97. The summed E-state index contributed by atoms with van der Waals surface area (Å²) < 4.78 is 6.89. The molecule has 1 amide bonds. The number of aromatic nitrogens is 2. The van der Waals surface area contributed by atoms with E-state index in [9.17, 15) is 9.59 Å². The summed E-state index contributed by atoms with van der Waals surface area (Å²) in [7, 11) is 1.54. The molecule has 0 saturated carbocycles. The van der Waals surface area contributed by atoms with Gasteiger partial charge in [0.25, 0.3) is 11.5 Å². The van der Waals surface area contributed by atoms with Gasteiger partial charge in [-0.1, -0.05) is 24.3 Å². The summed E-state index contributed by atoms with van der Waals surface area (Å²) in [6, 6.07) is 16.2. The zero-order chi connectivity index (χ0) is 21.1. The molecule has 4 rings (SSSR count). The van der Waals surface area contributed by atoms with Crippen LogP contribution >= 0.6 is 23.1 Å². The zero-order valence-corrected chi connectivity index (χ0v) is 18.0. The van der Waals surface area contributed by atoms with Gasteiger partial charge in [0.05, 0.1) is 24.1 Å². The van der Waals surface area contributed by atoms with E-state index in [1.54, 1.807) is 28.7 Å². The first-order chi connectivity index (χ1) is 14.6. The van der Waals surface area contributed by atoms with Gasteiger partial charge in [-0.05, 0) is 31.2 Å². The minimum absolute atomic E-state index is 0.0767. The molecule has 0 radical (unpaired) electrons. The Morgan fingerprint density at radius 1 is 1.20 bits per heavy atom. The highest BCUT2D eigenvalue weighted by molar-refractivity contribution is 7.98. The van der Waals surface area contributed by atoms with E-state index >= 15 is 0 Å². The molecule has 30 heavy (non-hydrogen) atoms. The van der Waals surface area contributed by atoms with Crippen LogP contribution in [-0.2, 0) is 5.75 Å². The summed E-state index contributed by atoms with van der Waals surface area (Å²) in [6.45, 7) is 1.89. The molecule has 1 N–H and O–H groups in total. The third-order valence-corrected chi connectivity index (χ3v) is 6.54. The number of amides is 1. The van der Waals surface area contributed by atoms with Gasteiger partial charge in [-0.25, -0.2) is 4.98 Å². The minimum Gasteiger partial charge on any atom is -0.496 e. The first kappa shape index (κ1) is 20.2. The van der Waals surface area contributed by atoms with Gasteiger partial charge < -0.3 is 10.1 Å². The van der Waals surface area contributed by atoms with Crippen LogP contribution in [0.5, 0.6) is 5.75 Å². The van der Waals surface area contributed by atoms with Gasteiger partial charge in [-0.3, -0.25) is 14.0 Å². The fourth-order valence-electron chi connectivity index (χ4n) is 3.04. The quantitative estimate of drug-likeness (QED) is 0.446. The summed E-state index contributed by atoms with van der Waals surface area (Å²) in [5.41, 5.74) is 2.68. The zero-order valence-electron chi connectivity index (χ0n) is 16.4. The largest absolute Gasteiger partial charge is 0.496 e. The number of aryl methyl sites for hydroxylation is 1. The molecule has 0 saturated heterocycles. The average molecular weight is 438 g/mol. The molecule has 0 aliphatic carbocycles. The lowest BCUT2D eigenvalue weighted by Gasteiger charge is -2.12. The van der Waals surface area contributed by atoms with Gasteiger partial charge in [0.15, 0.2) is 4.96 Å². The maximum atomic E-state index is 12.8. The second kappa shape index (κ2) is 8.73. The summed E-state index contributed by atoms with van der Waals surface area (Å²) in [5.74, 6) is 0.793. The van der Waals surface area contributed by atoms with Gasteiger partial charge in [0.1, 0.15) is 5.75 Å². The van der Waals surface area contributed by atoms with E-state index in [4.69, 9.17) is 4.74 Å². The number of carbonyl (C=O) groups excluding carboxylic acids is 1. The van der Waals surface area contributed by atoms with Gasteiger partial charge in [-0.2, -0.15) is 0 Å². The van der Waals surface area contributed by atoms with Crippen molar-refractivity contribution in [3.8, 4) is 5.75 Å². The molecule has 0 atom stereocenters. The molecule has 8 heteroatoms. The lowest BCUT2D eigenvalue weighted by atomic mass is 10.2. The summed E-state index contributed by atoms with van der Waals surface area (Å²) in [6.07, 6.45) is 0. The highest BCUT2D eigenvalue weighted by Gasteiger charge is 2.14. The van der Waals surface area contributed by atoms with Crippen LogP contribution in [0.4, 0.5) is 5.69 Å². The Morgan fingerprint density at radius 2 is 1.97 bits per heavy atom. The third-order valence-electron chi connectivity index (χ3n) is 4.49. The van der Waals surface area contributed by atoms with Crippen molar-refractivity contribution in [3.63, 3.8) is 0 Å². The van der Waals surface area contributed by atoms with Crippen molar-refractivity contribution in [3.05, 3.63) is 87.3 Å². The Bertz CT molecular complexity index is 1280. The molecular weight excluding hydrogens is 418 g/mol. The highest BCUT2D eigenvalue weighted by atomic mass is 32.2. The van der Waals surface area contributed by atoms with E-state index in [1.807, 2.05) is 42.6 Å². The van der Waals surface area contributed by atoms with E-state index in [0.717, 1.165) is 10.6 Å². The number of hydrogen-bond acceptors (Lipinski definition) is 6. The number of rotatable bonds is 6. The number of thiazole rings is 1. The molecule has 0 spiro atoms. The highest BCUT2D eigenvalue weighted by Crippen LogP contribution is 2.30. The summed E-state index contributed by atoms with van der Waals surface area (Å²) in [4.78, 5) is 31.3. The van der Waals surface area contributed by atoms with Gasteiger partial charge >= 0.3 is 0 Å². The van der Waals surface area contributed by atoms with Crippen LogP contribution < -0.4 is 15.6 Å². The first-order valence-electron chi connectivity index (χ1n) is 9.20. The van der Waals surface area contributed by atoms with Gasteiger partial charge in [0, 0.05) is 27.8 Å². The van der Waals surface area contributed by atoms with Crippen LogP contribution in [0.1, 0.15) is 21.7 Å². The number of nitrogens with one attached hydrogen (secondary N) is 1. The van der Waals surface area contributed by atoms with Crippen LogP contribution in [0.3, 0.4) is 0 Å². The fraction of sp³-hybridized carbons (Fsp3) is 0.136. The van der Waals surface area contributed by atoms with Gasteiger partial charge in [-0.15, -0.1) is 23.1 Å². The van der Waals surface area contributed by atoms with Crippen molar-refractivity contribution in [2.75, 3.05) is 12.4 Å². The number of carbonyl (C=O) groups is 1. The van der Waals surface area contributed by atoms with E-state index < -0.39 is 0 Å². The van der Waals surface area contributed by atoms with E-state index in [0.29, 0.717) is 33.4 Å². The second-order valence-corrected chi connectivity index (χ2v) is 8.37. The van der Waals surface area contributed by atoms with Crippen molar-refractivity contribution in [2.45, 2.75) is 17.6 Å². The van der Waals surface area contributed by atoms with Crippen molar-refractivity contribution in [1.82, 2.24) is 9.38 Å². The lowest BCUT2D eigenvalue weighted by molar-refractivity contribution is 0.102. The average Bonchev–Trinajstić information content (AvgIpc) is 3.14. The number of para-hydroxylation sites is 2. The van der Waals surface area contributed by atoms with E-state index in [2.05, 4.69) is 10.3 Å². The van der Waals surface area contributed by atoms with Crippen molar-refractivity contribution in [1.29, 1.82) is 0 Å². The number of fused-ring (bicyclic) bond motifs is 1. The molecular formula is C22H19N3O3S2. The Labute approximate surface area is 181 Å². The Hall–Kier alpha value is -3.10. The molecule has 152 valence electrons. The fourth-order valence-corrected chi connectivity index (χ4v) is 4.84. The molecule has 0 fully saturated rings. The Balaban J connectivity index is 1.54. The molecule has 0 aliphatic rings. The Kier molecular flexibility index (Phi) is 5.87. The molecule has 4 aromatic rings. The topological polar surface area (TPSA) is 72.7 Å². The second-order valence-electron chi connectivity index (χ2n) is 6.52. The number of anilines is 1. The lowest BCUT2D eigenvalue weighted by Crippen LogP contribution is -2.15. The Morgan fingerprint density at radius 3 is 2.80 bits per heavy atom. The van der Waals surface area contributed by atoms with Crippen LogP contribution in [0.2, 0.25) is 0 Å². The monoisotopic (exact) mass is 437 g/mol. The molecule has 0 unspecified atom stereocenters. The number of hydrogen-bond donors (Lipinski definition) is 1. The van der Waals surface area contributed by atoms with Gasteiger partial charge in [0.2, 0.25) is 0 Å². The normalized spacial score (nSPS) is 10.9. The molecule has 2 aromatic carbocycles. The van der Waals surface area contributed by atoms with E-state index in [-0.39, 0.29) is 11.5 Å². The van der Waals surface area contributed by atoms with E-state index in [1.165, 1.54) is 30.2 Å². The summed E-state index contributed by atoms with van der Waals surface area (Å²) in [5, 5.41) is 4.88. The predicted octanol–water partition coefficient (Wildman–Crippen LogP) is 4.62. The smallest absolute Gasteiger partial charge is 0.259 e. The first-order valence-corrected chi connectivity index (χ1v) is 11.1. The molecule has 0 bridgehead atoms. The van der Waals surface area contributed by atoms with Crippen molar-refractivity contribution < 1.29 is 9.53 Å². The minimum atomic E-state index is -0.243. The molecule has 2 aromatic heterocycles. The molecule has 0 aliphatic heterocycles. The van der Waals surface area contributed by atoms with Crippen LogP contribution in [-0.4, -0.2) is 22.4 Å². The van der Waals surface area contributed by atoms with Crippen LogP contribution in [0.15, 0.2) is 69.7 Å². The predicted molar refractivity (Wildman–Crippen MR) is 121 cm³/mol. The van der Waals surface area contributed by atoms with Crippen LogP contribution in [0.25, 0.3) is 4.96 Å². The third kappa shape index (κ3) is 4.10. The number of ether oxygens (including phenoxy) is 1. The number of nitrogens with zero attached hydrogens (tertiary/aromatic N) is 2. The SMILES string of the molecule is COc1ccccc1C(=O)Nc1ccccc1SCc1cc(=O)n2c(C)csc2n1. The number of benzene rings is 2. The van der Waals surface area contributed by atoms with Crippen LogP contribution in [0, 0.1) is 6.92 Å². The standard InChI is InChI=1S/C22H19N3O3S2/c1-14-12-30-22-23-15(11-20(26)25(14)22)13-29-19-10-6-4-8-17(19)24-21(27)16-7-3-5-9-18(16)28-2/h3-12H,13H2,1-2H3,(H,24,27). The molecule has 2 heterocycles.